The lowest BCUT2D eigenvalue weighted by atomic mass is 9.95. The number of carbonyl (C=O) groups is 1. The van der Waals surface area contributed by atoms with Crippen molar-refractivity contribution >= 4 is 5.97 Å². The van der Waals surface area contributed by atoms with Crippen LogP contribution in [0.4, 0.5) is 0 Å². The van der Waals surface area contributed by atoms with Crippen molar-refractivity contribution in [3.05, 3.63) is 23.3 Å². The molecular formula is C16H26O3. The van der Waals surface area contributed by atoms with E-state index in [1.165, 1.54) is 5.57 Å². The number of esters is 1. The molecule has 0 aromatic rings. The zero-order valence-corrected chi connectivity index (χ0v) is 12.5. The minimum atomic E-state index is -1.00. The van der Waals surface area contributed by atoms with Crippen LogP contribution < -0.4 is 0 Å². The van der Waals surface area contributed by atoms with Gasteiger partial charge in [-0.3, -0.25) is 0 Å². The first kappa shape index (κ1) is 16.0. The Kier molecular flexibility index (Phi) is 5.80. The average molecular weight is 266 g/mol. The van der Waals surface area contributed by atoms with Gasteiger partial charge in [0.25, 0.3) is 0 Å². The molecule has 1 atom stereocenters. The van der Waals surface area contributed by atoms with Crippen LogP contribution in [0.5, 0.6) is 0 Å². The number of carbonyl (C=O) groups excluding carboxylic acids is 1. The summed E-state index contributed by atoms with van der Waals surface area (Å²) in [5.74, 6) is -0.342. The first-order valence-electron chi connectivity index (χ1n) is 7.05. The second-order valence-corrected chi connectivity index (χ2v) is 6.05. The summed E-state index contributed by atoms with van der Waals surface area (Å²) in [6.45, 7) is 7.46. The molecule has 0 aliphatic carbocycles. The minimum Gasteiger partial charge on any atom is -0.456 e. The number of rotatable bonds is 1. The molecule has 0 saturated heterocycles. The van der Waals surface area contributed by atoms with E-state index in [9.17, 15) is 9.90 Å². The lowest BCUT2D eigenvalue weighted by Gasteiger charge is -2.29. The monoisotopic (exact) mass is 266 g/mol. The SMILES string of the molecule is C/C1=C/CC/C(C)=C/C(=O)OC(C(C)(C)O)CCC1. The average Bonchev–Trinajstić information content (AvgIpc) is 2.24. The number of hydrogen-bond acceptors (Lipinski definition) is 3. The number of ether oxygens (including phenoxy) is 1. The van der Waals surface area contributed by atoms with E-state index < -0.39 is 11.7 Å². The van der Waals surface area contributed by atoms with Gasteiger partial charge in [-0.15, -0.1) is 0 Å². The van der Waals surface area contributed by atoms with E-state index in [0.717, 1.165) is 31.3 Å². The summed E-state index contributed by atoms with van der Waals surface area (Å²) < 4.78 is 5.41. The second-order valence-electron chi connectivity index (χ2n) is 6.05. The first-order valence-corrected chi connectivity index (χ1v) is 7.05. The lowest BCUT2D eigenvalue weighted by molar-refractivity contribution is -0.156. The molecular weight excluding hydrogens is 240 g/mol. The predicted octanol–water partition coefficient (Wildman–Crippen LogP) is 3.53. The fraction of sp³-hybridized carbons (Fsp3) is 0.688. The molecule has 0 bridgehead atoms. The van der Waals surface area contributed by atoms with Crippen molar-refractivity contribution in [3.8, 4) is 0 Å². The van der Waals surface area contributed by atoms with Crippen molar-refractivity contribution in [3.63, 3.8) is 0 Å². The summed E-state index contributed by atoms with van der Waals surface area (Å²) >= 11 is 0. The summed E-state index contributed by atoms with van der Waals surface area (Å²) in [7, 11) is 0. The van der Waals surface area contributed by atoms with Crippen LogP contribution in [0.15, 0.2) is 23.3 Å². The van der Waals surface area contributed by atoms with Crippen molar-refractivity contribution in [1.29, 1.82) is 0 Å². The van der Waals surface area contributed by atoms with Crippen LogP contribution in [-0.4, -0.2) is 22.8 Å². The molecule has 0 saturated carbocycles. The van der Waals surface area contributed by atoms with Gasteiger partial charge < -0.3 is 9.84 Å². The van der Waals surface area contributed by atoms with Crippen LogP contribution in [0.1, 0.15) is 59.8 Å². The molecule has 0 aromatic heterocycles. The van der Waals surface area contributed by atoms with Crippen LogP contribution in [-0.2, 0) is 9.53 Å². The van der Waals surface area contributed by atoms with Gasteiger partial charge in [0.05, 0.1) is 5.60 Å². The molecule has 1 rings (SSSR count). The third-order valence-electron chi connectivity index (χ3n) is 3.48. The summed E-state index contributed by atoms with van der Waals surface area (Å²) in [5.41, 5.74) is 1.39. The van der Waals surface area contributed by atoms with Gasteiger partial charge >= 0.3 is 5.97 Å². The van der Waals surface area contributed by atoms with Gasteiger partial charge in [-0.25, -0.2) is 4.79 Å². The van der Waals surface area contributed by atoms with E-state index in [1.54, 1.807) is 19.9 Å². The lowest BCUT2D eigenvalue weighted by Crippen LogP contribution is -2.39. The molecule has 0 radical (unpaired) electrons. The number of hydrogen-bond donors (Lipinski definition) is 1. The molecule has 1 N–H and O–H groups in total. The number of cyclic esters (lactones) is 1. The highest BCUT2D eigenvalue weighted by molar-refractivity contribution is 5.82. The zero-order chi connectivity index (χ0) is 14.5. The largest absolute Gasteiger partial charge is 0.456 e. The Balaban J connectivity index is 2.84. The number of aliphatic hydroxyl groups is 1. The Bertz CT molecular complexity index is 372. The molecule has 1 aliphatic heterocycles. The van der Waals surface area contributed by atoms with Crippen molar-refractivity contribution in [1.82, 2.24) is 0 Å². The summed E-state index contributed by atoms with van der Waals surface area (Å²) in [4.78, 5) is 11.8. The Morgan fingerprint density at radius 2 is 1.95 bits per heavy atom. The van der Waals surface area contributed by atoms with Crippen molar-refractivity contribution in [2.45, 2.75) is 71.5 Å². The molecule has 19 heavy (non-hydrogen) atoms. The van der Waals surface area contributed by atoms with Gasteiger partial charge in [0.15, 0.2) is 0 Å². The standard InChI is InChI=1S/C16H26O3/c1-12-7-5-9-13(2)11-15(17)19-14(10-6-8-12)16(3,4)18/h7,11,14,18H,5-6,8-10H2,1-4H3/b12-7-,13-11+. The highest BCUT2D eigenvalue weighted by Gasteiger charge is 2.29. The maximum Gasteiger partial charge on any atom is 0.331 e. The van der Waals surface area contributed by atoms with Crippen molar-refractivity contribution < 1.29 is 14.6 Å². The Morgan fingerprint density at radius 1 is 1.26 bits per heavy atom. The van der Waals surface area contributed by atoms with E-state index in [2.05, 4.69) is 13.0 Å². The minimum absolute atomic E-state index is 0.342. The van der Waals surface area contributed by atoms with Gasteiger partial charge in [0.2, 0.25) is 0 Å². The predicted molar refractivity (Wildman–Crippen MR) is 76.8 cm³/mol. The molecule has 1 heterocycles. The smallest absolute Gasteiger partial charge is 0.331 e. The van der Waals surface area contributed by atoms with Crippen LogP contribution in [0, 0.1) is 0 Å². The highest BCUT2D eigenvalue weighted by Crippen LogP contribution is 2.22. The summed E-state index contributed by atoms with van der Waals surface area (Å²) in [5, 5.41) is 10.1. The van der Waals surface area contributed by atoms with Crippen LogP contribution >= 0.6 is 0 Å². The fourth-order valence-electron chi connectivity index (χ4n) is 2.22. The normalized spacial score (nSPS) is 29.1. The van der Waals surface area contributed by atoms with Crippen LogP contribution in [0.2, 0.25) is 0 Å². The van der Waals surface area contributed by atoms with Crippen molar-refractivity contribution in [2.75, 3.05) is 0 Å². The second kappa shape index (κ2) is 6.90. The highest BCUT2D eigenvalue weighted by atomic mass is 16.6. The summed E-state index contributed by atoms with van der Waals surface area (Å²) in [6.07, 6.45) is 7.78. The topological polar surface area (TPSA) is 46.5 Å². The third-order valence-corrected chi connectivity index (χ3v) is 3.48. The van der Waals surface area contributed by atoms with Gasteiger partial charge in [-0.05, 0) is 59.8 Å². The number of allylic oxidation sites excluding steroid dienone is 3. The van der Waals surface area contributed by atoms with Gasteiger partial charge in [-0.2, -0.15) is 0 Å². The van der Waals surface area contributed by atoms with E-state index in [0.29, 0.717) is 6.42 Å². The fourth-order valence-corrected chi connectivity index (χ4v) is 2.22. The van der Waals surface area contributed by atoms with Crippen molar-refractivity contribution in [2.24, 2.45) is 0 Å². The zero-order valence-electron chi connectivity index (χ0n) is 12.5. The quantitative estimate of drug-likeness (QED) is 0.583. The maximum atomic E-state index is 11.8. The first-order chi connectivity index (χ1) is 8.79. The Labute approximate surface area is 116 Å². The van der Waals surface area contributed by atoms with E-state index in [4.69, 9.17) is 4.74 Å². The summed E-state index contributed by atoms with van der Waals surface area (Å²) in [6, 6.07) is 0. The van der Waals surface area contributed by atoms with Crippen LogP contribution in [0.25, 0.3) is 0 Å². The molecule has 3 heteroatoms. The molecule has 3 nitrogen and oxygen atoms in total. The van der Waals surface area contributed by atoms with E-state index >= 15 is 0 Å². The van der Waals surface area contributed by atoms with E-state index in [1.807, 2.05) is 6.92 Å². The molecule has 0 amide bonds. The van der Waals surface area contributed by atoms with Gasteiger partial charge in [0, 0.05) is 6.08 Å². The molecule has 0 spiro atoms. The maximum absolute atomic E-state index is 11.8. The molecule has 1 aliphatic rings. The van der Waals surface area contributed by atoms with E-state index in [-0.39, 0.29) is 5.97 Å². The molecule has 1 unspecified atom stereocenters. The molecule has 0 fully saturated rings. The van der Waals surface area contributed by atoms with Gasteiger partial charge in [-0.1, -0.05) is 17.2 Å². The van der Waals surface area contributed by atoms with Gasteiger partial charge in [0.1, 0.15) is 6.10 Å². The Hall–Kier alpha value is -1.09. The Morgan fingerprint density at radius 3 is 2.58 bits per heavy atom. The third kappa shape index (κ3) is 6.06. The molecule has 108 valence electrons. The van der Waals surface area contributed by atoms with Crippen LogP contribution in [0.3, 0.4) is 0 Å². The molecule has 0 aromatic carbocycles.